The van der Waals surface area contributed by atoms with Crippen molar-refractivity contribution in [3.8, 4) is 6.07 Å². The summed E-state index contributed by atoms with van der Waals surface area (Å²) in [5.41, 5.74) is 3.95. The van der Waals surface area contributed by atoms with Crippen LogP contribution in [0.15, 0.2) is 42.7 Å². The number of carbonyl (C=O) groups is 1. The summed E-state index contributed by atoms with van der Waals surface area (Å²) >= 11 is 6.61. The number of primary amides is 1. The van der Waals surface area contributed by atoms with Crippen LogP contribution in [-0.4, -0.2) is 38.6 Å². The zero-order chi connectivity index (χ0) is 31.3. The van der Waals surface area contributed by atoms with Crippen molar-refractivity contribution in [1.82, 2.24) is 20.0 Å². The smallest absolute Gasteiger partial charge is 0.383 e. The minimum absolute atomic E-state index is 0.0396. The van der Waals surface area contributed by atoms with Gasteiger partial charge in [0.25, 0.3) is 5.91 Å². The standard InChI is InChI=1S/C29H27ClF4N8O/c1-27(2,3)14-38-23-15(11-35)12-37-24-19(23)9-16(10-20(24)30)39-25(17-5-4-6-18(22(17)31)26(36)43)21-13-42(41-40-21)28(7-8-28)29(32,33)34/h4-6,9-10,12-13,25,39H,7-8,14H2,1-3H3,(H2,36,43)(H,37,38). The summed E-state index contributed by atoms with van der Waals surface area (Å²) in [7, 11) is 0. The maximum Gasteiger partial charge on any atom is 0.413 e. The summed E-state index contributed by atoms with van der Waals surface area (Å²) in [6, 6.07) is 8.03. The van der Waals surface area contributed by atoms with Crippen LogP contribution in [0.25, 0.3) is 10.9 Å². The van der Waals surface area contributed by atoms with Crippen molar-refractivity contribution >= 4 is 39.8 Å². The molecule has 1 unspecified atom stereocenters. The Bertz CT molecular complexity index is 1770. The van der Waals surface area contributed by atoms with Gasteiger partial charge >= 0.3 is 6.18 Å². The molecule has 4 N–H and O–H groups in total. The third-order valence-corrected chi connectivity index (χ3v) is 7.54. The van der Waals surface area contributed by atoms with E-state index in [-0.39, 0.29) is 40.1 Å². The fourth-order valence-electron chi connectivity index (χ4n) is 4.79. The fourth-order valence-corrected chi connectivity index (χ4v) is 5.06. The largest absolute Gasteiger partial charge is 0.413 e. The monoisotopic (exact) mass is 614 g/mol. The number of nitrogens with zero attached hydrogens (tertiary/aromatic N) is 5. The first kappa shape index (κ1) is 30.0. The van der Waals surface area contributed by atoms with E-state index >= 15 is 4.39 Å². The lowest BCUT2D eigenvalue weighted by atomic mass is 9.96. The van der Waals surface area contributed by atoms with E-state index in [2.05, 4.69) is 32.0 Å². The van der Waals surface area contributed by atoms with Gasteiger partial charge in [-0.2, -0.15) is 18.4 Å². The van der Waals surface area contributed by atoms with Gasteiger partial charge in [-0.3, -0.25) is 9.78 Å². The van der Waals surface area contributed by atoms with Crippen LogP contribution in [0.1, 0.15) is 66.8 Å². The van der Waals surface area contributed by atoms with Crippen molar-refractivity contribution in [3.05, 3.63) is 75.9 Å². The van der Waals surface area contributed by atoms with E-state index in [9.17, 15) is 23.2 Å². The van der Waals surface area contributed by atoms with Gasteiger partial charge in [0.15, 0.2) is 5.54 Å². The van der Waals surface area contributed by atoms with E-state index in [0.717, 1.165) is 10.9 Å². The molecule has 9 nitrogen and oxygen atoms in total. The second-order valence-corrected chi connectivity index (χ2v) is 12.1. The number of halogens is 5. The molecule has 0 radical (unpaired) electrons. The quantitative estimate of drug-likeness (QED) is 0.198. The van der Waals surface area contributed by atoms with Gasteiger partial charge in [0.2, 0.25) is 0 Å². The third kappa shape index (κ3) is 5.67. The van der Waals surface area contributed by atoms with Crippen LogP contribution in [0.3, 0.4) is 0 Å². The minimum atomic E-state index is -4.56. The predicted octanol–water partition coefficient (Wildman–Crippen LogP) is 6.30. The number of nitrogens with two attached hydrogens (primary N) is 1. The van der Waals surface area contributed by atoms with Gasteiger partial charge in [0.1, 0.15) is 23.6 Å². The Morgan fingerprint density at radius 3 is 2.58 bits per heavy atom. The predicted molar refractivity (Wildman–Crippen MR) is 153 cm³/mol. The van der Waals surface area contributed by atoms with Crippen LogP contribution in [0.4, 0.5) is 28.9 Å². The molecule has 0 bridgehead atoms. The summed E-state index contributed by atoms with van der Waals surface area (Å²) in [6.45, 7) is 6.57. The number of hydrogen-bond acceptors (Lipinski definition) is 7. The second kappa shape index (κ2) is 10.7. The summed E-state index contributed by atoms with van der Waals surface area (Å²) in [5, 5.41) is 24.6. The molecule has 224 valence electrons. The number of benzene rings is 2. The molecular formula is C29H27ClF4N8O. The number of aromatic nitrogens is 4. The van der Waals surface area contributed by atoms with Gasteiger partial charge < -0.3 is 16.4 Å². The van der Waals surface area contributed by atoms with Gasteiger partial charge in [0, 0.05) is 29.4 Å². The first-order valence-corrected chi connectivity index (χ1v) is 13.6. The molecule has 43 heavy (non-hydrogen) atoms. The minimum Gasteiger partial charge on any atom is -0.383 e. The number of nitrogens with one attached hydrogen (secondary N) is 2. The lowest BCUT2D eigenvalue weighted by Gasteiger charge is -2.23. The highest BCUT2D eigenvalue weighted by atomic mass is 35.5. The molecule has 0 spiro atoms. The SMILES string of the molecule is CC(C)(C)CNc1c(C#N)cnc2c(Cl)cc(NC(c3cn(C4(C(F)(F)F)CC4)nn3)c3cccc(C(N)=O)c3F)cc12. The molecule has 1 saturated carbocycles. The molecule has 5 rings (SSSR count). The molecule has 2 aromatic heterocycles. The van der Waals surface area contributed by atoms with Crippen molar-refractivity contribution in [2.24, 2.45) is 11.1 Å². The molecule has 14 heteroatoms. The van der Waals surface area contributed by atoms with Gasteiger partial charge in [-0.1, -0.05) is 49.7 Å². The summed E-state index contributed by atoms with van der Waals surface area (Å²) in [6.07, 6.45) is -2.37. The number of alkyl halides is 3. The fraction of sp³-hybridized carbons (Fsp3) is 0.345. The Hall–Kier alpha value is -4.44. The number of fused-ring (bicyclic) bond motifs is 1. The second-order valence-electron chi connectivity index (χ2n) is 11.7. The molecule has 2 aromatic carbocycles. The average molecular weight is 615 g/mol. The average Bonchev–Trinajstić information content (AvgIpc) is 3.61. The van der Waals surface area contributed by atoms with Gasteiger partial charge in [-0.25, -0.2) is 9.07 Å². The van der Waals surface area contributed by atoms with E-state index < -0.39 is 35.0 Å². The zero-order valence-electron chi connectivity index (χ0n) is 23.4. The number of nitriles is 1. The zero-order valence-corrected chi connectivity index (χ0v) is 24.1. The van der Waals surface area contributed by atoms with E-state index in [0.29, 0.717) is 28.8 Å². The lowest BCUT2D eigenvalue weighted by Crippen LogP contribution is -2.35. The van der Waals surface area contributed by atoms with Crippen molar-refractivity contribution in [1.29, 1.82) is 5.26 Å². The number of rotatable bonds is 8. The Balaban J connectivity index is 1.64. The van der Waals surface area contributed by atoms with Crippen LogP contribution in [-0.2, 0) is 5.54 Å². The van der Waals surface area contributed by atoms with Crippen molar-refractivity contribution in [3.63, 3.8) is 0 Å². The molecule has 1 aliphatic carbocycles. The lowest BCUT2D eigenvalue weighted by molar-refractivity contribution is -0.182. The maximum atomic E-state index is 15.7. The number of pyridine rings is 1. The number of amides is 1. The van der Waals surface area contributed by atoms with Crippen LogP contribution >= 0.6 is 11.6 Å². The van der Waals surface area contributed by atoms with Gasteiger partial charge in [-0.05, 0) is 36.5 Å². The molecule has 0 aliphatic heterocycles. The van der Waals surface area contributed by atoms with E-state index in [1.165, 1.54) is 30.5 Å². The number of hydrogen-bond donors (Lipinski definition) is 3. The molecule has 1 fully saturated rings. The van der Waals surface area contributed by atoms with Crippen molar-refractivity contribution in [2.75, 3.05) is 17.2 Å². The summed E-state index contributed by atoms with van der Waals surface area (Å²) < 4.78 is 57.9. The van der Waals surface area contributed by atoms with E-state index in [1.807, 2.05) is 20.8 Å². The highest BCUT2D eigenvalue weighted by Crippen LogP contribution is 2.55. The Labute approximate surface area is 249 Å². The molecule has 1 amide bonds. The van der Waals surface area contributed by atoms with E-state index in [1.54, 1.807) is 6.07 Å². The molecule has 1 atom stereocenters. The first-order valence-electron chi connectivity index (χ1n) is 13.3. The number of anilines is 2. The van der Waals surface area contributed by atoms with Crippen molar-refractivity contribution in [2.45, 2.75) is 51.4 Å². The topological polar surface area (TPSA) is 135 Å². The Morgan fingerprint density at radius 2 is 1.98 bits per heavy atom. The molecule has 2 heterocycles. The number of carbonyl (C=O) groups excluding carboxylic acids is 1. The van der Waals surface area contributed by atoms with E-state index in [4.69, 9.17) is 17.3 Å². The van der Waals surface area contributed by atoms with Gasteiger partial charge in [0.05, 0.1) is 33.6 Å². The Morgan fingerprint density at radius 1 is 1.26 bits per heavy atom. The van der Waals surface area contributed by atoms with Crippen LogP contribution < -0.4 is 16.4 Å². The first-order chi connectivity index (χ1) is 20.1. The van der Waals surface area contributed by atoms with Crippen molar-refractivity contribution < 1.29 is 22.4 Å². The van der Waals surface area contributed by atoms with Crippen LogP contribution in [0.2, 0.25) is 5.02 Å². The Kier molecular flexibility index (Phi) is 7.46. The molecule has 4 aromatic rings. The maximum absolute atomic E-state index is 15.7. The summed E-state index contributed by atoms with van der Waals surface area (Å²) in [5.74, 6) is -1.99. The van der Waals surface area contributed by atoms with Crippen LogP contribution in [0, 0.1) is 22.6 Å². The van der Waals surface area contributed by atoms with Gasteiger partial charge in [-0.15, -0.1) is 5.10 Å². The summed E-state index contributed by atoms with van der Waals surface area (Å²) in [4.78, 5) is 16.2. The molecular weight excluding hydrogens is 588 g/mol. The van der Waals surface area contributed by atoms with Crippen LogP contribution in [0.5, 0.6) is 0 Å². The molecule has 1 aliphatic rings. The molecule has 0 saturated heterocycles. The normalized spacial score (nSPS) is 15.1. The highest BCUT2D eigenvalue weighted by Gasteiger charge is 2.66. The highest BCUT2D eigenvalue weighted by molar-refractivity contribution is 6.35. The third-order valence-electron chi connectivity index (χ3n) is 7.25.